The average molecular weight is 284 g/mol. The molecule has 0 radical (unpaired) electrons. The molecule has 1 aliphatic carbocycles. The molecule has 0 spiro atoms. The molecular weight excluding hydrogens is 269 g/mol. The Hall–Kier alpha value is -0.670. The summed E-state index contributed by atoms with van der Waals surface area (Å²) in [6.07, 6.45) is 6.08. The molecule has 1 unspecified atom stereocenters. The van der Waals surface area contributed by atoms with Crippen LogP contribution in [0.5, 0.6) is 0 Å². The minimum absolute atomic E-state index is 0.171. The fourth-order valence-electron chi connectivity index (χ4n) is 2.11. The molecule has 0 amide bonds. The van der Waals surface area contributed by atoms with E-state index in [1.807, 2.05) is 12.1 Å². The average Bonchev–Trinajstić information content (AvgIpc) is 2.24. The Balaban J connectivity index is 2.24. The second-order valence-corrected chi connectivity index (χ2v) is 5.24. The van der Waals surface area contributed by atoms with E-state index >= 15 is 0 Å². The number of rotatable bonds is 1. The molecule has 1 atom stereocenters. The number of hydrogen-bond acceptors (Lipinski definition) is 1. The molecule has 0 heterocycles. The van der Waals surface area contributed by atoms with Crippen LogP contribution in [0.1, 0.15) is 31.2 Å². The summed E-state index contributed by atoms with van der Waals surface area (Å²) in [5.41, 5.74) is 7.81. The van der Waals surface area contributed by atoms with Gasteiger partial charge in [-0.2, -0.15) is 0 Å². The number of benzene rings is 1. The first kappa shape index (κ1) is 11.8. The van der Waals surface area contributed by atoms with Crippen LogP contribution in [0.2, 0.25) is 0 Å². The summed E-state index contributed by atoms with van der Waals surface area (Å²) in [5.74, 6) is -0.171. The van der Waals surface area contributed by atoms with Gasteiger partial charge in [-0.3, -0.25) is 0 Å². The molecule has 3 heteroatoms. The van der Waals surface area contributed by atoms with Crippen LogP contribution in [0.25, 0.3) is 6.08 Å². The molecule has 2 N–H and O–H groups in total. The van der Waals surface area contributed by atoms with E-state index in [1.54, 1.807) is 6.07 Å². The second kappa shape index (κ2) is 5.11. The van der Waals surface area contributed by atoms with Crippen molar-refractivity contribution in [2.45, 2.75) is 31.7 Å². The molecule has 0 aromatic heterocycles. The van der Waals surface area contributed by atoms with Crippen LogP contribution in [0, 0.1) is 5.82 Å². The molecule has 2 rings (SSSR count). The smallest absolute Gasteiger partial charge is 0.130 e. The normalized spacial score (nSPS) is 23.7. The Bertz CT molecular complexity index is 414. The maximum Gasteiger partial charge on any atom is 0.130 e. The van der Waals surface area contributed by atoms with Gasteiger partial charge in [-0.25, -0.2) is 4.39 Å². The van der Waals surface area contributed by atoms with Crippen molar-refractivity contribution in [3.8, 4) is 0 Å². The van der Waals surface area contributed by atoms with Gasteiger partial charge in [0.15, 0.2) is 0 Å². The largest absolute Gasteiger partial charge is 0.327 e. The van der Waals surface area contributed by atoms with Crippen molar-refractivity contribution >= 4 is 22.0 Å². The van der Waals surface area contributed by atoms with Crippen molar-refractivity contribution < 1.29 is 4.39 Å². The second-order valence-electron chi connectivity index (χ2n) is 4.32. The third-order valence-electron chi connectivity index (χ3n) is 2.91. The van der Waals surface area contributed by atoms with Crippen molar-refractivity contribution in [1.82, 2.24) is 0 Å². The fraction of sp³-hybridized carbons (Fsp3) is 0.385. The highest BCUT2D eigenvalue weighted by Crippen LogP contribution is 2.26. The summed E-state index contributed by atoms with van der Waals surface area (Å²) in [7, 11) is 0. The summed E-state index contributed by atoms with van der Waals surface area (Å²) < 4.78 is 14.4. The zero-order valence-electron chi connectivity index (χ0n) is 9.05. The number of nitrogens with two attached hydrogens (primary N) is 1. The molecule has 16 heavy (non-hydrogen) atoms. The molecule has 1 saturated carbocycles. The highest BCUT2D eigenvalue weighted by atomic mass is 79.9. The molecule has 0 bridgehead atoms. The highest BCUT2D eigenvalue weighted by molar-refractivity contribution is 9.10. The number of halogens is 2. The lowest BCUT2D eigenvalue weighted by atomic mass is 9.90. The van der Waals surface area contributed by atoms with Crippen LogP contribution in [0.15, 0.2) is 28.2 Å². The molecule has 1 nitrogen and oxygen atoms in total. The molecular formula is C13H15BrFN. The van der Waals surface area contributed by atoms with Gasteiger partial charge in [0.2, 0.25) is 0 Å². The van der Waals surface area contributed by atoms with Crippen molar-refractivity contribution in [2.24, 2.45) is 5.73 Å². The fourth-order valence-corrected chi connectivity index (χ4v) is 2.49. The minimum atomic E-state index is -0.171. The summed E-state index contributed by atoms with van der Waals surface area (Å²) in [6, 6.07) is 5.25. The van der Waals surface area contributed by atoms with Gasteiger partial charge in [-0.15, -0.1) is 0 Å². The van der Waals surface area contributed by atoms with E-state index in [-0.39, 0.29) is 11.9 Å². The van der Waals surface area contributed by atoms with E-state index < -0.39 is 0 Å². The van der Waals surface area contributed by atoms with Gasteiger partial charge in [0.25, 0.3) is 0 Å². The van der Waals surface area contributed by atoms with E-state index in [9.17, 15) is 4.39 Å². The lowest BCUT2D eigenvalue weighted by Gasteiger charge is -2.20. The van der Waals surface area contributed by atoms with E-state index in [2.05, 4.69) is 15.9 Å². The Morgan fingerprint density at radius 3 is 3.00 bits per heavy atom. The monoisotopic (exact) mass is 283 g/mol. The van der Waals surface area contributed by atoms with Crippen molar-refractivity contribution in [3.63, 3.8) is 0 Å². The van der Waals surface area contributed by atoms with Crippen molar-refractivity contribution in [2.75, 3.05) is 0 Å². The number of hydrogen-bond donors (Lipinski definition) is 1. The first-order chi connectivity index (χ1) is 7.65. The molecule has 1 aromatic carbocycles. The highest BCUT2D eigenvalue weighted by Gasteiger charge is 2.13. The van der Waals surface area contributed by atoms with E-state index in [4.69, 9.17) is 5.73 Å². The van der Waals surface area contributed by atoms with Crippen LogP contribution in [0.4, 0.5) is 4.39 Å². The minimum Gasteiger partial charge on any atom is -0.327 e. The van der Waals surface area contributed by atoms with Crippen LogP contribution in [0.3, 0.4) is 0 Å². The maximum absolute atomic E-state index is 13.5. The van der Waals surface area contributed by atoms with Gasteiger partial charge in [-0.1, -0.05) is 27.6 Å². The first-order valence-corrected chi connectivity index (χ1v) is 6.34. The third-order valence-corrected chi connectivity index (χ3v) is 3.41. The first-order valence-electron chi connectivity index (χ1n) is 5.55. The molecule has 86 valence electrons. The van der Waals surface area contributed by atoms with Gasteiger partial charge in [0.05, 0.1) is 0 Å². The van der Waals surface area contributed by atoms with Crippen molar-refractivity contribution in [1.29, 1.82) is 0 Å². The van der Waals surface area contributed by atoms with Gasteiger partial charge in [0, 0.05) is 16.1 Å². The van der Waals surface area contributed by atoms with Gasteiger partial charge < -0.3 is 5.73 Å². The zero-order valence-corrected chi connectivity index (χ0v) is 10.6. The van der Waals surface area contributed by atoms with Crippen LogP contribution < -0.4 is 5.73 Å². The zero-order chi connectivity index (χ0) is 11.5. The maximum atomic E-state index is 13.5. The Kier molecular flexibility index (Phi) is 3.77. The van der Waals surface area contributed by atoms with E-state index in [0.717, 1.165) is 30.2 Å². The molecule has 1 aliphatic rings. The lowest BCUT2D eigenvalue weighted by molar-refractivity contribution is 0.520. The van der Waals surface area contributed by atoms with Crippen LogP contribution in [-0.2, 0) is 0 Å². The quantitative estimate of drug-likeness (QED) is 0.832. The Labute approximate surface area is 104 Å². The van der Waals surface area contributed by atoms with E-state index in [1.165, 1.54) is 11.6 Å². The molecule has 0 saturated heterocycles. The predicted octanol–water partition coefficient (Wildman–Crippen LogP) is 3.87. The van der Waals surface area contributed by atoms with Gasteiger partial charge >= 0.3 is 0 Å². The summed E-state index contributed by atoms with van der Waals surface area (Å²) in [4.78, 5) is 0. The molecule has 0 aliphatic heterocycles. The third kappa shape index (κ3) is 2.92. The molecule has 1 aromatic rings. The summed E-state index contributed by atoms with van der Waals surface area (Å²) in [6.45, 7) is 0. The lowest BCUT2D eigenvalue weighted by Crippen LogP contribution is -2.23. The summed E-state index contributed by atoms with van der Waals surface area (Å²) in [5, 5.41) is 0. The van der Waals surface area contributed by atoms with Gasteiger partial charge in [0.1, 0.15) is 5.82 Å². The van der Waals surface area contributed by atoms with Gasteiger partial charge in [-0.05, 0) is 43.9 Å². The topological polar surface area (TPSA) is 26.0 Å². The Morgan fingerprint density at radius 2 is 2.25 bits per heavy atom. The SMILES string of the molecule is NC1CCCC(=Cc2cc(Br)ccc2F)C1. The Morgan fingerprint density at radius 1 is 1.44 bits per heavy atom. The standard InChI is InChI=1S/C13H15BrFN/c14-11-4-5-13(15)10(8-11)6-9-2-1-3-12(16)7-9/h4-6,8,12H,1-3,7,16H2. The van der Waals surface area contributed by atoms with E-state index in [0.29, 0.717) is 5.56 Å². The summed E-state index contributed by atoms with van der Waals surface area (Å²) >= 11 is 3.35. The van der Waals surface area contributed by atoms with Crippen molar-refractivity contribution in [3.05, 3.63) is 39.6 Å². The van der Waals surface area contributed by atoms with Crippen LogP contribution in [-0.4, -0.2) is 6.04 Å². The molecule has 1 fully saturated rings. The predicted molar refractivity (Wildman–Crippen MR) is 68.5 cm³/mol. The van der Waals surface area contributed by atoms with Crippen LogP contribution >= 0.6 is 15.9 Å².